The summed E-state index contributed by atoms with van der Waals surface area (Å²) in [5.41, 5.74) is 3.35. The molecule has 1 aliphatic carbocycles. The minimum Gasteiger partial charge on any atom is -0.496 e. The van der Waals surface area contributed by atoms with Crippen molar-refractivity contribution in [3.63, 3.8) is 0 Å². The second kappa shape index (κ2) is 4.83. The van der Waals surface area contributed by atoms with E-state index < -0.39 is 0 Å². The summed E-state index contributed by atoms with van der Waals surface area (Å²) in [4.78, 5) is 4.60. The smallest absolute Gasteiger partial charge is 0.151 e. The van der Waals surface area contributed by atoms with E-state index in [1.54, 1.807) is 13.2 Å². The molecule has 22 heavy (non-hydrogen) atoms. The number of para-hydroxylation sites is 1. The van der Waals surface area contributed by atoms with E-state index in [0.29, 0.717) is 11.6 Å². The van der Waals surface area contributed by atoms with Crippen LogP contribution in [0.4, 0.5) is 4.39 Å². The number of aromatic nitrogens is 2. The minimum atomic E-state index is -0.273. The number of fused-ring (bicyclic) bond motifs is 1. The van der Waals surface area contributed by atoms with Gasteiger partial charge in [-0.25, -0.2) is 9.37 Å². The van der Waals surface area contributed by atoms with Gasteiger partial charge in [-0.3, -0.25) is 0 Å². The van der Waals surface area contributed by atoms with E-state index in [1.807, 2.05) is 25.1 Å². The summed E-state index contributed by atoms with van der Waals surface area (Å²) in [6, 6.07) is 11.6. The Hall–Kier alpha value is -2.36. The Morgan fingerprint density at radius 1 is 1.23 bits per heavy atom. The Morgan fingerprint density at radius 2 is 2.05 bits per heavy atom. The summed E-state index contributed by atoms with van der Waals surface area (Å²) in [5.74, 6) is 1.29. The molecule has 0 radical (unpaired) electrons. The first-order valence-electron chi connectivity index (χ1n) is 7.50. The van der Waals surface area contributed by atoms with Gasteiger partial charge in [0.25, 0.3) is 0 Å². The van der Waals surface area contributed by atoms with E-state index in [-0.39, 0.29) is 5.82 Å². The molecule has 112 valence electrons. The number of hydrogen-bond acceptors (Lipinski definition) is 2. The van der Waals surface area contributed by atoms with Gasteiger partial charge in [-0.15, -0.1) is 0 Å². The molecule has 0 atom stereocenters. The second-order valence-corrected chi connectivity index (χ2v) is 5.85. The topological polar surface area (TPSA) is 27.1 Å². The third kappa shape index (κ3) is 1.98. The van der Waals surface area contributed by atoms with Crippen LogP contribution in [-0.4, -0.2) is 16.7 Å². The molecule has 0 aliphatic heterocycles. The Bertz CT molecular complexity index is 865. The maximum absolute atomic E-state index is 14.1. The molecule has 3 nitrogen and oxygen atoms in total. The van der Waals surface area contributed by atoms with E-state index in [2.05, 4.69) is 15.6 Å². The minimum absolute atomic E-state index is 0.273. The molecule has 0 amide bonds. The normalized spacial score (nSPS) is 14.5. The summed E-state index contributed by atoms with van der Waals surface area (Å²) in [6.45, 7) is 2.04. The van der Waals surface area contributed by atoms with Gasteiger partial charge in [0.2, 0.25) is 0 Å². The molecule has 1 aromatic heterocycles. The fraction of sp³-hybridized carbons (Fsp3) is 0.278. The standard InChI is InChI=1S/C18H17FN2O/c1-11-6-9-16(22-2)13(10-11)18-20-17-14(19)4-3-5-15(17)21(18)12-7-8-12/h3-6,9-10,12H,7-8H2,1-2H3. The van der Waals surface area contributed by atoms with Gasteiger partial charge in [0.05, 0.1) is 18.2 Å². The fourth-order valence-corrected chi connectivity index (χ4v) is 2.97. The third-order valence-electron chi connectivity index (χ3n) is 4.18. The number of imidazole rings is 1. The Morgan fingerprint density at radius 3 is 2.77 bits per heavy atom. The van der Waals surface area contributed by atoms with Crippen LogP contribution in [0.3, 0.4) is 0 Å². The first-order valence-corrected chi connectivity index (χ1v) is 7.50. The maximum Gasteiger partial charge on any atom is 0.151 e. The number of rotatable bonds is 3. The number of nitrogens with zero attached hydrogens (tertiary/aromatic N) is 2. The van der Waals surface area contributed by atoms with Crippen molar-refractivity contribution in [3.05, 3.63) is 47.8 Å². The summed E-state index contributed by atoms with van der Waals surface area (Å²) >= 11 is 0. The molecule has 4 rings (SSSR count). The highest BCUT2D eigenvalue weighted by molar-refractivity contribution is 5.83. The molecule has 0 N–H and O–H groups in total. The zero-order valence-electron chi connectivity index (χ0n) is 12.6. The average molecular weight is 296 g/mol. The van der Waals surface area contributed by atoms with E-state index in [9.17, 15) is 4.39 Å². The van der Waals surface area contributed by atoms with Crippen LogP contribution in [0.2, 0.25) is 0 Å². The van der Waals surface area contributed by atoms with Crippen molar-refractivity contribution < 1.29 is 9.13 Å². The van der Waals surface area contributed by atoms with Crippen LogP contribution < -0.4 is 4.74 Å². The van der Waals surface area contributed by atoms with Crippen molar-refractivity contribution in [2.24, 2.45) is 0 Å². The summed E-state index contributed by atoms with van der Waals surface area (Å²) in [6.07, 6.45) is 2.23. The van der Waals surface area contributed by atoms with Crippen molar-refractivity contribution in [3.8, 4) is 17.1 Å². The molecule has 1 aliphatic rings. The third-order valence-corrected chi connectivity index (χ3v) is 4.18. The predicted molar refractivity (Wildman–Crippen MR) is 84.7 cm³/mol. The lowest BCUT2D eigenvalue weighted by Crippen LogP contribution is -1.99. The molecule has 0 unspecified atom stereocenters. The molecule has 1 fully saturated rings. The number of aryl methyl sites for hydroxylation is 1. The van der Waals surface area contributed by atoms with Crippen LogP contribution in [0, 0.1) is 12.7 Å². The average Bonchev–Trinajstić information content (AvgIpc) is 3.27. The van der Waals surface area contributed by atoms with Gasteiger partial charge < -0.3 is 9.30 Å². The quantitative estimate of drug-likeness (QED) is 0.712. The van der Waals surface area contributed by atoms with Gasteiger partial charge in [-0.05, 0) is 44.0 Å². The summed E-state index contributed by atoms with van der Waals surface area (Å²) in [7, 11) is 1.65. The SMILES string of the molecule is COc1ccc(C)cc1-c1nc2c(F)cccc2n1C1CC1. The monoisotopic (exact) mass is 296 g/mol. The number of hydrogen-bond donors (Lipinski definition) is 0. The summed E-state index contributed by atoms with van der Waals surface area (Å²) < 4.78 is 21.8. The van der Waals surface area contributed by atoms with Crippen LogP contribution in [0.5, 0.6) is 5.75 Å². The zero-order chi connectivity index (χ0) is 15.3. The predicted octanol–water partition coefficient (Wildman–Crippen LogP) is 4.49. The van der Waals surface area contributed by atoms with Crippen LogP contribution >= 0.6 is 0 Å². The Balaban J connectivity index is 2.05. The van der Waals surface area contributed by atoms with Gasteiger partial charge >= 0.3 is 0 Å². The molecule has 0 spiro atoms. The van der Waals surface area contributed by atoms with Crippen molar-refractivity contribution in [2.45, 2.75) is 25.8 Å². The summed E-state index contributed by atoms with van der Waals surface area (Å²) in [5, 5.41) is 0. The Kier molecular flexibility index (Phi) is 2.93. The van der Waals surface area contributed by atoms with Gasteiger partial charge in [0.15, 0.2) is 5.82 Å². The van der Waals surface area contributed by atoms with Crippen molar-refractivity contribution in [2.75, 3.05) is 7.11 Å². The Labute approximate surface area is 128 Å². The number of benzene rings is 2. The molecule has 0 saturated heterocycles. The second-order valence-electron chi connectivity index (χ2n) is 5.85. The van der Waals surface area contributed by atoms with Crippen LogP contribution in [0.1, 0.15) is 24.4 Å². The number of methoxy groups -OCH3 is 1. The van der Waals surface area contributed by atoms with E-state index in [0.717, 1.165) is 41.1 Å². The van der Waals surface area contributed by atoms with Gasteiger partial charge in [-0.1, -0.05) is 17.7 Å². The molecule has 1 heterocycles. The van der Waals surface area contributed by atoms with Crippen molar-refractivity contribution in [1.29, 1.82) is 0 Å². The lowest BCUT2D eigenvalue weighted by atomic mass is 10.1. The largest absolute Gasteiger partial charge is 0.496 e. The number of halogens is 1. The number of ether oxygens (including phenoxy) is 1. The molecular formula is C18H17FN2O. The van der Waals surface area contributed by atoms with Gasteiger partial charge in [0.1, 0.15) is 17.1 Å². The lowest BCUT2D eigenvalue weighted by Gasteiger charge is -2.12. The highest BCUT2D eigenvalue weighted by Crippen LogP contribution is 2.43. The van der Waals surface area contributed by atoms with E-state index >= 15 is 0 Å². The maximum atomic E-state index is 14.1. The molecule has 1 saturated carbocycles. The van der Waals surface area contributed by atoms with Crippen molar-refractivity contribution >= 4 is 11.0 Å². The molecule has 0 bridgehead atoms. The van der Waals surface area contributed by atoms with Crippen LogP contribution in [0.25, 0.3) is 22.4 Å². The molecule has 3 aromatic rings. The fourth-order valence-electron chi connectivity index (χ4n) is 2.97. The zero-order valence-corrected chi connectivity index (χ0v) is 12.6. The first-order chi connectivity index (χ1) is 10.7. The molecule has 4 heteroatoms. The van der Waals surface area contributed by atoms with Crippen LogP contribution in [0.15, 0.2) is 36.4 Å². The van der Waals surface area contributed by atoms with Gasteiger partial charge in [0, 0.05) is 6.04 Å². The molecular weight excluding hydrogens is 279 g/mol. The van der Waals surface area contributed by atoms with E-state index in [4.69, 9.17) is 4.74 Å². The van der Waals surface area contributed by atoms with Crippen LogP contribution in [-0.2, 0) is 0 Å². The van der Waals surface area contributed by atoms with Crippen molar-refractivity contribution in [1.82, 2.24) is 9.55 Å². The first kappa shape index (κ1) is 13.3. The highest BCUT2D eigenvalue weighted by atomic mass is 19.1. The van der Waals surface area contributed by atoms with Gasteiger partial charge in [-0.2, -0.15) is 0 Å². The highest BCUT2D eigenvalue weighted by Gasteiger charge is 2.30. The lowest BCUT2D eigenvalue weighted by molar-refractivity contribution is 0.416. The molecule has 2 aromatic carbocycles. The van der Waals surface area contributed by atoms with E-state index in [1.165, 1.54) is 6.07 Å².